The maximum Gasteiger partial charge on any atom is 0.230 e. The Hall–Kier alpha value is -1.82. The fraction of sp³-hybridized carbons (Fsp3) is 0.273. The average molecular weight is 248 g/mol. The summed E-state index contributed by atoms with van der Waals surface area (Å²) < 4.78 is 0. The van der Waals surface area contributed by atoms with E-state index in [1.165, 1.54) is 11.3 Å². The molecule has 0 atom stereocenters. The zero-order valence-corrected chi connectivity index (χ0v) is 10.4. The Morgan fingerprint density at radius 1 is 1.35 bits per heavy atom. The molecule has 2 aromatic heterocycles. The van der Waals surface area contributed by atoms with Crippen LogP contribution in [-0.2, 0) is 11.2 Å². The number of rotatable bonds is 3. The molecule has 0 radical (unpaired) electrons. The molecule has 1 amide bonds. The van der Waals surface area contributed by atoms with E-state index in [-0.39, 0.29) is 5.91 Å². The van der Waals surface area contributed by atoms with E-state index < -0.39 is 0 Å². The van der Waals surface area contributed by atoms with E-state index in [1.807, 2.05) is 26.0 Å². The Balaban J connectivity index is 1.95. The van der Waals surface area contributed by atoms with Crippen molar-refractivity contribution in [2.75, 3.05) is 5.32 Å². The number of aryl methyl sites for hydroxylation is 2. The highest BCUT2D eigenvalue weighted by Crippen LogP contribution is 2.13. The van der Waals surface area contributed by atoms with Gasteiger partial charge in [0, 0.05) is 11.9 Å². The lowest BCUT2D eigenvalue weighted by atomic mass is 10.2. The molecule has 17 heavy (non-hydrogen) atoms. The molecule has 0 fully saturated rings. The van der Waals surface area contributed by atoms with Gasteiger partial charge in [-0.05, 0) is 25.5 Å². The molecule has 1 N–H and O–H groups in total. The molecular formula is C11H12N4OS. The molecule has 0 saturated heterocycles. The lowest BCUT2D eigenvalue weighted by molar-refractivity contribution is -0.115. The first-order valence-electron chi connectivity index (χ1n) is 5.15. The van der Waals surface area contributed by atoms with Crippen molar-refractivity contribution in [2.45, 2.75) is 20.3 Å². The van der Waals surface area contributed by atoms with Crippen LogP contribution in [0.1, 0.15) is 16.3 Å². The van der Waals surface area contributed by atoms with Crippen LogP contribution in [0.15, 0.2) is 18.3 Å². The monoisotopic (exact) mass is 248 g/mol. The van der Waals surface area contributed by atoms with Crippen LogP contribution < -0.4 is 5.32 Å². The molecule has 88 valence electrons. The lowest BCUT2D eigenvalue weighted by Gasteiger charge is -2.01. The summed E-state index contributed by atoms with van der Waals surface area (Å²) in [5, 5.41) is 11.7. The third kappa shape index (κ3) is 3.32. The first-order valence-corrected chi connectivity index (χ1v) is 5.96. The Morgan fingerprint density at radius 2 is 2.18 bits per heavy atom. The number of nitrogens with one attached hydrogen (secondary N) is 1. The van der Waals surface area contributed by atoms with Crippen molar-refractivity contribution in [3.05, 3.63) is 34.6 Å². The number of amides is 1. The van der Waals surface area contributed by atoms with E-state index in [0.717, 1.165) is 16.3 Å². The fourth-order valence-corrected chi connectivity index (χ4v) is 1.91. The second-order valence-electron chi connectivity index (χ2n) is 3.66. The van der Waals surface area contributed by atoms with Gasteiger partial charge in [-0.25, -0.2) is 0 Å². The molecule has 0 aliphatic heterocycles. The highest BCUT2D eigenvalue weighted by Gasteiger charge is 2.07. The minimum atomic E-state index is -0.105. The molecule has 0 aliphatic rings. The number of carbonyl (C=O) groups excluding carboxylic acids is 1. The van der Waals surface area contributed by atoms with Crippen LogP contribution in [0.3, 0.4) is 0 Å². The van der Waals surface area contributed by atoms with Gasteiger partial charge in [-0.15, -0.1) is 10.2 Å². The molecule has 6 heteroatoms. The lowest BCUT2D eigenvalue weighted by Crippen LogP contribution is -2.14. The van der Waals surface area contributed by atoms with Crippen molar-refractivity contribution >= 4 is 22.4 Å². The Labute approximate surface area is 103 Å². The average Bonchev–Trinajstić information content (AvgIpc) is 2.67. The first-order chi connectivity index (χ1) is 8.13. The zero-order valence-electron chi connectivity index (χ0n) is 9.60. The molecule has 5 nitrogen and oxygen atoms in total. The largest absolute Gasteiger partial charge is 0.300 e. The number of nitrogens with zero attached hydrogens (tertiary/aromatic N) is 3. The number of anilines is 1. The van der Waals surface area contributed by atoms with E-state index in [2.05, 4.69) is 20.5 Å². The van der Waals surface area contributed by atoms with Crippen molar-refractivity contribution in [2.24, 2.45) is 0 Å². The van der Waals surface area contributed by atoms with Crippen LogP contribution in [0, 0.1) is 13.8 Å². The molecule has 0 bridgehead atoms. The number of carbonyl (C=O) groups is 1. The highest BCUT2D eigenvalue weighted by atomic mass is 32.1. The van der Waals surface area contributed by atoms with E-state index in [1.54, 1.807) is 6.20 Å². The van der Waals surface area contributed by atoms with E-state index in [0.29, 0.717) is 11.6 Å². The second-order valence-corrected chi connectivity index (χ2v) is 4.84. The van der Waals surface area contributed by atoms with Gasteiger partial charge in [0.25, 0.3) is 0 Å². The molecule has 0 aromatic carbocycles. The predicted octanol–water partition coefficient (Wildman–Crippen LogP) is 1.73. The minimum absolute atomic E-state index is 0.105. The molecule has 2 rings (SSSR count). The van der Waals surface area contributed by atoms with Crippen molar-refractivity contribution < 1.29 is 4.79 Å². The van der Waals surface area contributed by atoms with Gasteiger partial charge in [-0.1, -0.05) is 17.4 Å². The smallest absolute Gasteiger partial charge is 0.230 e. The predicted molar refractivity (Wildman–Crippen MR) is 66.0 cm³/mol. The van der Waals surface area contributed by atoms with Gasteiger partial charge in [-0.2, -0.15) is 0 Å². The molecule has 0 aliphatic carbocycles. The quantitative estimate of drug-likeness (QED) is 0.898. The van der Waals surface area contributed by atoms with Crippen LogP contribution >= 0.6 is 11.3 Å². The number of aromatic nitrogens is 3. The van der Waals surface area contributed by atoms with Gasteiger partial charge in [-0.3, -0.25) is 9.78 Å². The van der Waals surface area contributed by atoms with Gasteiger partial charge in [0.05, 0.1) is 6.42 Å². The van der Waals surface area contributed by atoms with Crippen LogP contribution in [-0.4, -0.2) is 21.1 Å². The van der Waals surface area contributed by atoms with E-state index in [9.17, 15) is 4.79 Å². The van der Waals surface area contributed by atoms with Gasteiger partial charge in [0.1, 0.15) is 5.01 Å². The summed E-state index contributed by atoms with van der Waals surface area (Å²) >= 11 is 1.36. The summed E-state index contributed by atoms with van der Waals surface area (Å²) in [7, 11) is 0. The normalized spacial score (nSPS) is 10.2. The maximum atomic E-state index is 11.7. The Bertz CT molecular complexity index is 521. The third-order valence-electron chi connectivity index (χ3n) is 2.11. The number of hydrogen-bond donors (Lipinski definition) is 1. The SMILES string of the molecule is Cc1ccc(CC(=O)Nc2nnc(C)s2)cn1. The summed E-state index contributed by atoms with van der Waals surface area (Å²) in [5.41, 5.74) is 1.82. The van der Waals surface area contributed by atoms with Crippen molar-refractivity contribution in [1.29, 1.82) is 0 Å². The molecule has 2 aromatic rings. The first kappa shape index (κ1) is 11.7. The zero-order chi connectivity index (χ0) is 12.3. The van der Waals surface area contributed by atoms with Crippen LogP contribution in [0.5, 0.6) is 0 Å². The van der Waals surface area contributed by atoms with Crippen LogP contribution in [0.4, 0.5) is 5.13 Å². The van der Waals surface area contributed by atoms with E-state index in [4.69, 9.17) is 0 Å². The third-order valence-corrected chi connectivity index (χ3v) is 2.86. The van der Waals surface area contributed by atoms with Gasteiger partial charge in [0.2, 0.25) is 11.0 Å². The molecule has 0 spiro atoms. The molecule has 2 heterocycles. The highest BCUT2D eigenvalue weighted by molar-refractivity contribution is 7.15. The minimum Gasteiger partial charge on any atom is -0.300 e. The molecular weight excluding hydrogens is 236 g/mol. The summed E-state index contributed by atoms with van der Waals surface area (Å²) in [6.07, 6.45) is 2.01. The molecule has 0 unspecified atom stereocenters. The second kappa shape index (κ2) is 5.01. The maximum absolute atomic E-state index is 11.7. The van der Waals surface area contributed by atoms with Crippen molar-refractivity contribution in [3.8, 4) is 0 Å². The van der Waals surface area contributed by atoms with Crippen molar-refractivity contribution in [3.63, 3.8) is 0 Å². The summed E-state index contributed by atoms with van der Waals surface area (Å²) in [6, 6.07) is 3.78. The fourth-order valence-electron chi connectivity index (χ4n) is 1.30. The topological polar surface area (TPSA) is 67.8 Å². The van der Waals surface area contributed by atoms with Gasteiger partial charge in [0.15, 0.2) is 0 Å². The number of hydrogen-bond acceptors (Lipinski definition) is 5. The standard InChI is InChI=1S/C11H12N4OS/c1-7-3-4-9(6-12-7)5-10(16)13-11-15-14-8(2)17-11/h3-4,6H,5H2,1-2H3,(H,13,15,16). The van der Waals surface area contributed by atoms with Crippen molar-refractivity contribution in [1.82, 2.24) is 15.2 Å². The van der Waals surface area contributed by atoms with Crippen LogP contribution in [0.25, 0.3) is 0 Å². The summed E-state index contributed by atoms with van der Waals surface area (Å²) in [4.78, 5) is 15.8. The Kier molecular flexibility index (Phi) is 3.43. The van der Waals surface area contributed by atoms with Crippen LogP contribution in [0.2, 0.25) is 0 Å². The van der Waals surface area contributed by atoms with Gasteiger partial charge >= 0.3 is 0 Å². The number of pyridine rings is 1. The van der Waals surface area contributed by atoms with Gasteiger partial charge < -0.3 is 5.32 Å². The molecule has 0 saturated carbocycles. The van der Waals surface area contributed by atoms with E-state index >= 15 is 0 Å². The Morgan fingerprint density at radius 3 is 2.76 bits per heavy atom. The summed E-state index contributed by atoms with van der Waals surface area (Å²) in [6.45, 7) is 3.76. The summed E-state index contributed by atoms with van der Waals surface area (Å²) in [5.74, 6) is -0.105.